The molecule has 1 heterocycles. The molecule has 0 fully saturated rings. The number of aromatic nitrogens is 2. The molecule has 0 saturated heterocycles. The average molecular weight is 288 g/mol. The molecule has 2 rings (SSSR count). The van der Waals surface area contributed by atoms with Gasteiger partial charge in [0.25, 0.3) is 5.91 Å². The summed E-state index contributed by atoms with van der Waals surface area (Å²) in [6.07, 6.45) is 2.74. The number of rotatable bonds is 5. The van der Waals surface area contributed by atoms with Crippen molar-refractivity contribution in [3.05, 3.63) is 41.2 Å². The van der Waals surface area contributed by atoms with Crippen molar-refractivity contribution < 1.29 is 9.53 Å². The van der Waals surface area contributed by atoms with Crippen molar-refractivity contribution in [1.82, 2.24) is 15.1 Å². The molecule has 3 N–H and O–H groups in total. The summed E-state index contributed by atoms with van der Waals surface area (Å²) >= 11 is 0. The van der Waals surface area contributed by atoms with Gasteiger partial charge in [0.2, 0.25) is 0 Å². The molecular formula is C15H20N4O2. The molecule has 0 atom stereocenters. The summed E-state index contributed by atoms with van der Waals surface area (Å²) in [5.74, 6) is 0.286. The van der Waals surface area contributed by atoms with Crippen LogP contribution in [0.2, 0.25) is 0 Å². The predicted molar refractivity (Wildman–Crippen MR) is 81.2 cm³/mol. The van der Waals surface area contributed by atoms with E-state index in [2.05, 4.69) is 10.4 Å². The van der Waals surface area contributed by atoms with Gasteiger partial charge < -0.3 is 15.8 Å². The fourth-order valence-corrected chi connectivity index (χ4v) is 2.20. The maximum atomic E-state index is 12.3. The van der Waals surface area contributed by atoms with Crippen LogP contribution in [-0.2, 0) is 20.0 Å². The molecule has 0 aliphatic heterocycles. The molecule has 21 heavy (non-hydrogen) atoms. The average Bonchev–Trinajstić information content (AvgIpc) is 2.84. The maximum absolute atomic E-state index is 12.3. The van der Waals surface area contributed by atoms with E-state index in [0.717, 1.165) is 17.7 Å². The van der Waals surface area contributed by atoms with Gasteiger partial charge in [-0.3, -0.25) is 9.48 Å². The van der Waals surface area contributed by atoms with Crippen molar-refractivity contribution in [2.24, 2.45) is 7.05 Å². The fourth-order valence-electron chi connectivity index (χ4n) is 2.20. The first-order valence-electron chi connectivity index (χ1n) is 6.78. The van der Waals surface area contributed by atoms with Crippen LogP contribution in [0.1, 0.15) is 28.5 Å². The molecule has 0 aliphatic carbocycles. The van der Waals surface area contributed by atoms with Gasteiger partial charge in [-0.25, -0.2) is 0 Å². The molecule has 1 aromatic heterocycles. The molecule has 2 aromatic rings. The topological polar surface area (TPSA) is 82.2 Å². The van der Waals surface area contributed by atoms with Crippen molar-refractivity contribution in [2.45, 2.75) is 19.9 Å². The molecule has 6 heteroatoms. The fraction of sp³-hybridized carbons (Fsp3) is 0.333. The molecular weight excluding hydrogens is 268 g/mol. The third-order valence-corrected chi connectivity index (χ3v) is 3.23. The monoisotopic (exact) mass is 288 g/mol. The van der Waals surface area contributed by atoms with Crippen LogP contribution < -0.4 is 15.8 Å². The van der Waals surface area contributed by atoms with Gasteiger partial charge in [-0.2, -0.15) is 5.10 Å². The van der Waals surface area contributed by atoms with Crippen molar-refractivity contribution >= 4 is 11.6 Å². The second kappa shape index (κ2) is 6.30. The van der Waals surface area contributed by atoms with E-state index in [0.29, 0.717) is 23.5 Å². The lowest BCUT2D eigenvalue weighted by atomic mass is 10.1. The van der Waals surface area contributed by atoms with E-state index >= 15 is 0 Å². The summed E-state index contributed by atoms with van der Waals surface area (Å²) in [4.78, 5) is 12.3. The first kappa shape index (κ1) is 14.9. The van der Waals surface area contributed by atoms with E-state index in [9.17, 15) is 4.79 Å². The van der Waals surface area contributed by atoms with E-state index in [1.807, 2.05) is 20.2 Å². The third-order valence-electron chi connectivity index (χ3n) is 3.23. The van der Waals surface area contributed by atoms with Crippen LogP contribution in [0.25, 0.3) is 0 Å². The number of anilines is 1. The van der Waals surface area contributed by atoms with Crippen molar-refractivity contribution in [1.29, 1.82) is 0 Å². The number of hydrogen-bond donors (Lipinski definition) is 2. The minimum Gasteiger partial charge on any atom is -0.496 e. The minimum atomic E-state index is -0.218. The Morgan fingerprint density at radius 3 is 2.90 bits per heavy atom. The summed E-state index contributed by atoms with van der Waals surface area (Å²) in [6, 6.07) is 5.00. The number of nitrogens with zero attached hydrogens (tertiary/aromatic N) is 2. The number of carbonyl (C=O) groups is 1. The zero-order valence-corrected chi connectivity index (χ0v) is 12.5. The predicted octanol–water partition coefficient (Wildman–Crippen LogP) is 1.50. The van der Waals surface area contributed by atoms with Gasteiger partial charge >= 0.3 is 0 Å². The number of methoxy groups -OCH3 is 1. The molecule has 0 saturated carbocycles. The SMILES string of the molecule is CCc1nn(C)cc1CNC(=O)c1cc(N)ccc1OC. The summed E-state index contributed by atoms with van der Waals surface area (Å²) in [7, 11) is 3.39. The Labute approximate surface area is 123 Å². The summed E-state index contributed by atoms with van der Waals surface area (Å²) in [5.41, 5.74) is 8.68. The van der Waals surface area contributed by atoms with Gasteiger partial charge in [-0.1, -0.05) is 6.92 Å². The van der Waals surface area contributed by atoms with Gasteiger partial charge in [0.1, 0.15) is 5.75 Å². The summed E-state index contributed by atoms with van der Waals surface area (Å²) in [5, 5.41) is 7.23. The highest BCUT2D eigenvalue weighted by atomic mass is 16.5. The molecule has 0 unspecified atom stereocenters. The van der Waals surface area contributed by atoms with Crippen LogP contribution in [-0.4, -0.2) is 22.8 Å². The number of amides is 1. The van der Waals surface area contributed by atoms with Gasteiger partial charge in [-0.05, 0) is 24.6 Å². The molecule has 1 aromatic carbocycles. The van der Waals surface area contributed by atoms with E-state index in [-0.39, 0.29) is 5.91 Å². The molecule has 6 nitrogen and oxygen atoms in total. The lowest BCUT2D eigenvalue weighted by molar-refractivity contribution is 0.0948. The lowest BCUT2D eigenvalue weighted by Gasteiger charge is -2.10. The smallest absolute Gasteiger partial charge is 0.255 e. The number of benzene rings is 1. The molecule has 0 spiro atoms. The van der Waals surface area contributed by atoms with E-state index in [1.54, 1.807) is 22.9 Å². The van der Waals surface area contributed by atoms with Crippen LogP contribution in [0.15, 0.2) is 24.4 Å². The van der Waals surface area contributed by atoms with E-state index in [4.69, 9.17) is 10.5 Å². The van der Waals surface area contributed by atoms with Crippen LogP contribution >= 0.6 is 0 Å². The second-order valence-electron chi connectivity index (χ2n) is 4.77. The lowest BCUT2D eigenvalue weighted by Crippen LogP contribution is -2.23. The van der Waals surface area contributed by atoms with E-state index < -0.39 is 0 Å². The number of aryl methyl sites for hydroxylation is 2. The van der Waals surface area contributed by atoms with E-state index in [1.165, 1.54) is 7.11 Å². The summed E-state index contributed by atoms with van der Waals surface area (Å²) in [6.45, 7) is 2.46. The Balaban J connectivity index is 2.13. The quantitative estimate of drug-likeness (QED) is 0.817. The van der Waals surface area contributed by atoms with Crippen LogP contribution in [0.4, 0.5) is 5.69 Å². The van der Waals surface area contributed by atoms with Gasteiger partial charge in [0.15, 0.2) is 0 Å². The zero-order chi connectivity index (χ0) is 15.4. The number of nitrogens with two attached hydrogens (primary N) is 1. The van der Waals surface area contributed by atoms with Crippen molar-refractivity contribution in [3.8, 4) is 5.75 Å². The zero-order valence-electron chi connectivity index (χ0n) is 12.5. The molecule has 112 valence electrons. The molecule has 0 aliphatic rings. The number of carbonyl (C=O) groups excluding carboxylic acids is 1. The Morgan fingerprint density at radius 1 is 1.48 bits per heavy atom. The largest absolute Gasteiger partial charge is 0.496 e. The number of nitrogens with one attached hydrogen (secondary N) is 1. The first-order chi connectivity index (χ1) is 10.0. The molecule has 0 bridgehead atoms. The van der Waals surface area contributed by atoms with Crippen molar-refractivity contribution in [3.63, 3.8) is 0 Å². The Bertz CT molecular complexity index is 649. The number of nitrogen functional groups attached to an aromatic ring is 1. The van der Waals surface area contributed by atoms with Crippen LogP contribution in [0.5, 0.6) is 5.75 Å². The Hall–Kier alpha value is -2.50. The standard InChI is InChI=1S/C15H20N4O2/c1-4-13-10(9-19(2)18-13)8-17-15(20)12-7-11(16)5-6-14(12)21-3/h5-7,9H,4,8,16H2,1-3H3,(H,17,20). The van der Waals surface area contributed by atoms with Crippen LogP contribution in [0.3, 0.4) is 0 Å². The van der Waals surface area contributed by atoms with Gasteiger partial charge in [-0.15, -0.1) is 0 Å². The second-order valence-corrected chi connectivity index (χ2v) is 4.77. The Kier molecular flexibility index (Phi) is 4.47. The highest BCUT2D eigenvalue weighted by Crippen LogP contribution is 2.21. The van der Waals surface area contributed by atoms with Gasteiger partial charge in [0, 0.05) is 31.0 Å². The number of hydrogen-bond acceptors (Lipinski definition) is 4. The third kappa shape index (κ3) is 3.34. The highest BCUT2D eigenvalue weighted by Gasteiger charge is 2.14. The Morgan fingerprint density at radius 2 is 2.24 bits per heavy atom. The minimum absolute atomic E-state index is 0.218. The summed E-state index contributed by atoms with van der Waals surface area (Å²) < 4.78 is 6.94. The maximum Gasteiger partial charge on any atom is 0.255 e. The molecule has 1 amide bonds. The van der Waals surface area contributed by atoms with Crippen molar-refractivity contribution in [2.75, 3.05) is 12.8 Å². The highest BCUT2D eigenvalue weighted by molar-refractivity contribution is 5.97. The number of ether oxygens (including phenoxy) is 1. The normalized spacial score (nSPS) is 10.4. The van der Waals surface area contributed by atoms with Crippen LogP contribution in [0, 0.1) is 0 Å². The first-order valence-corrected chi connectivity index (χ1v) is 6.78. The van der Waals surface area contributed by atoms with Gasteiger partial charge in [0.05, 0.1) is 18.4 Å². The molecule has 0 radical (unpaired) electrons.